The minimum absolute atomic E-state index is 0.0814. The van der Waals surface area contributed by atoms with E-state index in [0.717, 1.165) is 72.2 Å². The maximum atomic E-state index is 14.9. The molecule has 12 heteroatoms. The maximum absolute atomic E-state index is 14.9. The Labute approximate surface area is 583 Å². The summed E-state index contributed by atoms with van der Waals surface area (Å²) in [6, 6.07) is 51.8. The van der Waals surface area contributed by atoms with Crippen LogP contribution >= 0.6 is 0 Å². The molecule has 9 nitrogen and oxygen atoms in total. The quantitative estimate of drug-likeness (QED) is 0.154. The smallest absolute Gasteiger partial charge is 0.227 e. The van der Waals surface area contributed by atoms with Crippen molar-refractivity contribution >= 4 is 66.2 Å². The van der Waals surface area contributed by atoms with Crippen LogP contribution < -0.4 is 13.7 Å². The Morgan fingerprint density at radius 1 is 0.365 bits per heavy atom. The third-order valence-corrected chi connectivity index (χ3v) is 17.4. The summed E-state index contributed by atoms with van der Waals surface area (Å²) in [5.41, 5.74) is 6.06. The van der Waals surface area contributed by atoms with Gasteiger partial charge in [0.2, 0.25) is 34.2 Å². The van der Waals surface area contributed by atoms with Crippen LogP contribution in [0.25, 0.3) is 133 Å². The molecule has 0 radical (unpaired) electrons. The van der Waals surface area contributed by atoms with E-state index in [9.17, 15) is 13.2 Å². The Bertz CT molecular complexity index is 6270. The fourth-order valence-electron chi connectivity index (χ4n) is 12.4. The first-order valence-corrected chi connectivity index (χ1v) is 31.0. The van der Waals surface area contributed by atoms with Gasteiger partial charge in [0.1, 0.15) is 38.6 Å². The third kappa shape index (κ3) is 11.9. The molecule has 9 aromatic heterocycles. The van der Waals surface area contributed by atoms with Gasteiger partial charge in [0.25, 0.3) is 0 Å². The summed E-state index contributed by atoms with van der Waals surface area (Å²) in [5, 5.41) is 4.15. The van der Waals surface area contributed by atoms with Crippen molar-refractivity contribution in [2.75, 3.05) is 0 Å². The highest BCUT2D eigenvalue weighted by atomic mass is 19.1. The number of fused-ring (bicyclic) bond motifs is 9. The van der Waals surface area contributed by atoms with Crippen molar-refractivity contribution in [2.24, 2.45) is 21.1 Å². The van der Waals surface area contributed by atoms with E-state index in [4.69, 9.17) is 37.9 Å². The summed E-state index contributed by atoms with van der Waals surface area (Å²) in [7, 11) is 5.62. The zero-order valence-corrected chi connectivity index (χ0v) is 54.1. The summed E-state index contributed by atoms with van der Waals surface area (Å²) < 4.78 is 212. The Hall–Kier alpha value is -10.6. The Morgan fingerprint density at radius 3 is 1.21 bits per heavy atom. The lowest BCUT2D eigenvalue weighted by Gasteiger charge is -2.16. The van der Waals surface area contributed by atoms with Gasteiger partial charge >= 0.3 is 0 Å². The van der Waals surface area contributed by atoms with Crippen LogP contribution in [0.5, 0.6) is 0 Å². The van der Waals surface area contributed by atoms with E-state index in [1.54, 1.807) is 72.8 Å². The van der Waals surface area contributed by atoms with Crippen molar-refractivity contribution in [2.45, 2.75) is 98.9 Å². The van der Waals surface area contributed by atoms with Crippen molar-refractivity contribution < 1.29 is 64.8 Å². The Balaban J connectivity index is 0.000000149. The zero-order valence-electron chi connectivity index (χ0n) is 72.1. The molecule has 0 fully saturated rings. The molecule has 0 bridgehead atoms. The van der Waals surface area contributed by atoms with Crippen LogP contribution in [-0.2, 0) is 37.4 Å². The van der Waals surface area contributed by atoms with Crippen LogP contribution in [0.2, 0.25) is 0 Å². The van der Waals surface area contributed by atoms with Crippen LogP contribution in [-0.4, -0.2) is 15.0 Å². The summed E-state index contributed by atoms with van der Waals surface area (Å²) in [5.74, 6) is -0.984. The van der Waals surface area contributed by atoms with E-state index >= 15 is 0 Å². The van der Waals surface area contributed by atoms with Crippen LogP contribution in [0.15, 0.2) is 214 Å². The molecule has 0 saturated heterocycles. The molecule has 480 valence electrons. The van der Waals surface area contributed by atoms with Crippen molar-refractivity contribution in [1.29, 1.82) is 0 Å². The fraction of sp³-hybridized carbons (Fsp3) is 0.214. The molecule has 0 aliphatic carbocycles. The molecule has 0 N–H and O–H groups in total. The molecule has 96 heavy (non-hydrogen) atoms. The number of aryl methyl sites for hydroxylation is 6. The topological polar surface area (TPSA) is 89.7 Å². The minimum Gasteiger partial charge on any atom is -0.437 e. The molecule has 0 saturated carbocycles. The zero-order chi connectivity index (χ0) is 82.9. The molecule has 9 heterocycles. The van der Waals surface area contributed by atoms with Gasteiger partial charge in [-0.3, -0.25) is 0 Å². The summed E-state index contributed by atoms with van der Waals surface area (Å²) in [6.45, 7) is -7.57. The van der Waals surface area contributed by atoms with E-state index < -0.39 is 57.4 Å². The van der Waals surface area contributed by atoms with Gasteiger partial charge in [0.15, 0.2) is 35.3 Å². The first kappa shape index (κ1) is 45.7. The molecule has 15 aromatic rings. The van der Waals surface area contributed by atoms with Gasteiger partial charge in [-0.2, -0.15) is 0 Å². The standard InChI is InChI=1S/3C28H26FN2O/c1-17-12-13-20-21-14-15-23(28(2,3)4)30-27(21)32-26(20)24(17)25-19(10-8-16-31(25)5)18-9-6-7-11-22(18)29;1-17-10-12-20-21-13-15-24(28(2,3)4)30-27(21)32-26(20)25(17)23-14-11-18(16-31(23)5)19-8-6-7-9-22(19)29;1-17-10-11-20-21-12-13-24(28(2,3)4)30-27(21)32-26(20)25(17)23-16-18(14-15-31(23)5)19-8-6-7-9-22(19)29/h3*6-16H,1-5H3/q3*+1/i3*2D3,3D3. The Morgan fingerprint density at radius 2 is 0.760 bits per heavy atom. The number of furan rings is 3. The van der Waals surface area contributed by atoms with E-state index in [1.165, 1.54) is 57.2 Å². The Kier molecular flexibility index (Phi) is 11.7. The number of benzene rings is 6. The van der Waals surface area contributed by atoms with E-state index in [1.807, 2.05) is 147 Å². The second-order valence-electron chi connectivity index (χ2n) is 24.9. The number of hydrogen-bond donors (Lipinski definition) is 0. The average Bonchev–Trinajstić information content (AvgIpc) is 1.52. The molecular formula is C84H78F3N6O3+3. The second kappa shape index (κ2) is 24.6. The third-order valence-electron chi connectivity index (χ3n) is 17.4. The molecule has 0 spiro atoms. The molecule has 0 unspecified atom stereocenters. The molecule has 0 aliphatic rings. The highest BCUT2D eigenvalue weighted by Crippen LogP contribution is 2.43. The average molecular weight is 1290 g/mol. The highest BCUT2D eigenvalue weighted by Gasteiger charge is 2.30. The number of nitrogens with zero attached hydrogens (tertiary/aromatic N) is 6. The van der Waals surface area contributed by atoms with Crippen LogP contribution in [0.3, 0.4) is 0 Å². The first-order valence-electron chi connectivity index (χ1n) is 40.0. The lowest BCUT2D eigenvalue weighted by molar-refractivity contribution is -0.660. The van der Waals surface area contributed by atoms with Crippen LogP contribution in [0.1, 0.15) is 120 Å². The van der Waals surface area contributed by atoms with E-state index in [0.29, 0.717) is 60.7 Å². The van der Waals surface area contributed by atoms with Gasteiger partial charge in [0, 0.05) is 137 Å². The van der Waals surface area contributed by atoms with Crippen LogP contribution in [0.4, 0.5) is 13.2 Å². The predicted octanol–water partition coefficient (Wildman–Crippen LogP) is 20.7. The summed E-state index contributed by atoms with van der Waals surface area (Å²) >= 11 is 0. The first-order chi connectivity index (χ1) is 53.2. The van der Waals surface area contributed by atoms with E-state index in [2.05, 4.69) is 15.0 Å². The van der Waals surface area contributed by atoms with Crippen molar-refractivity contribution in [1.82, 2.24) is 15.0 Å². The van der Waals surface area contributed by atoms with Gasteiger partial charge in [-0.25, -0.2) is 41.8 Å². The van der Waals surface area contributed by atoms with Gasteiger partial charge in [-0.15, -0.1) is 0 Å². The molecule has 15 rings (SSSR count). The number of pyridine rings is 6. The largest absolute Gasteiger partial charge is 0.437 e. The second-order valence-corrected chi connectivity index (χ2v) is 24.9. The van der Waals surface area contributed by atoms with Gasteiger partial charge in [0.05, 0.1) is 22.3 Å². The van der Waals surface area contributed by atoms with Crippen molar-refractivity contribution in [3.05, 3.63) is 252 Å². The van der Waals surface area contributed by atoms with Gasteiger partial charge in [-0.05, 0) is 110 Å². The number of aromatic nitrogens is 6. The van der Waals surface area contributed by atoms with Crippen molar-refractivity contribution in [3.63, 3.8) is 0 Å². The lowest BCUT2D eigenvalue weighted by Crippen LogP contribution is -2.31. The van der Waals surface area contributed by atoms with Crippen molar-refractivity contribution in [3.8, 4) is 67.2 Å². The number of rotatable bonds is 6. The fourth-order valence-corrected chi connectivity index (χ4v) is 12.4. The van der Waals surface area contributed by atoms with Crippen LogP contribution in [0, 0.1) is 38.2 Å². The molecule has 0 amide bonds. The van der Waals surface area contributed by atoms with Gasteiger partial charge < -0.3 is 13.3 Å². The number of halogens is 3. The predicted molar refractivity (Wildman–Crippen MR) is 381 cm³/mol. The molecular weight excluding hydrogens is 1200 g/mol. The van der Waals surface area contributed by atoms with E-state index in [-0.39, 0.29) is 51.7 Å². The monoisotopic (exact) mass is 1290 g/mol. The molecule has 6 aromatic carbocycles. The molecule has 0 aliphatic heterocycles. The van der Waals surface area contributed by atoms with Gasteiger partial charge in [-0.1, -0.05) is 153 Å². The minimum atomic E-state index is -2.83. The lowest BCUT2D eigenvalue weighted by atomic mass is 9.91. The SMILES string of the molecule is [2H]C([2H])([2H])C(C)(c1ccc2c(n1)oc1c(-c3c(-c4ccccc4F)ccc[n+]3C)c(C)ccc12)C([2H])([2H])[2H].[2H]C([2H])([2H])C(C)(c1ccc2c(n1)oc1c(-c3cc(-c4ccccc4F)cc[n+]3C)c(C)ccc12)C([2H])([2H])[2H].[2H]C([2H])([2H])C(C)(c1ccc2c(n1)oc1c(-c3ccc(-c4ccccc4F)c[n+]3C)c(C)ccc12)C([2H])([2H])[2H]. The number of hydrogen-bond acceptors (Lipinski definition) is 6. The maximum Gasteiger partial charge on any atom is 0.227 e. The summed E-state index contributed by atoms with van der Waals surface area (Å²) in [4.78, 5) is 13.3. The normalized spacial score (nSPS) is 15.6. The highest BCUT2D eigenvalue weighted by molar-refractivity contribution is 6.11. The summed E-state index contributed by atoms with van der Waals surface area (Å²) in [6.07, 6.45) is 5.57. The molecule has 0 atom stereocenters.